The first-order chi connectivity index (χ1) is 13.3. The van der Waals surface area contributed by atoms with Crippen molar-refractivity contribution >= 4 is 38.5 Å². The molecule has 0 atom stereocenters. The summed E-state index contributed by atoms with van der Waals surface area (Å²) >= 11 is 6.18. The van der Waals surface area contributed by atoms with Crippen molar-refractivity contribution < 1.29 is 17.9 Å². The molecule has 8 heteroatoms. The number of rotatable bonds is 6. The quantitative estimate of drug-likeness (QED) is 0.484. The van der Waals surface area contributed by atoms with Crippen LogP contribution in [0.25, 0.3) is 10.9 Å². The third kappa shape index (κ3) is 4.67. The molecule has 146 valence electrons. The van der Waals surface area contributed by atoms with Crippen LogP contribution in [0.1, 0.15) is 29.8 Å². The molecule has 0 fully saturated rings. The summed E-state index contributed by atoms with van der Waals surface area (Å²) in [6.07, 6.45) is 0. The Labute approximate surface area is 168 Å². The first-order valence-corrected chi connectivity index (χ1v) is 10.5. The van der Waals surface area contributed by atoms with E-state index in [0.29, 0.717) is 5.56 Å². The Morgan fingerprint density at radius 3 is 2.64 bits per heavy atom. The van der Waals surface area contributed by atoms with Gasteiger partial charge in [0.25, 0.3) is 0 Å². The van der Waals surface area contributed by atoms with Crippen LogP contribution in [-0.4, -0.2) is 25.4 Å². The number of fused-ring (bicyclic) bond motifs is 1. The number of esters is 1. The molecule has 1 heterocycles. The maximum absolute atomic E-state index is 12.4. The Balaban J connectivity index is 1.77. The highest BCUT2D eigenvalue weighted by molar-refractivity contribution is 7.89. The molecule has 1 aromatic heterocycles. The van der Waals surface area contributed by atoms with Gasteiger partial charge in [0.05, 0.1) is 16.0 Å². The minimum absolute atomic E-state index is 0.000976. The molecule has 0 saturated carbocycles. The number of carbonyl (C=O) groups is 1. The minimum atomic E-state index is -3.70. The Kier molecular flexibility index (Phi) is 5.98. The number of pyridine rings is 1. The normalized spacial score (nSPS) is 11.7. The molecule has 3 aromatic rings. The van der Waals surface area contributed by atoms with Gasteiger partial charge in [-0.2, -0.15) is 0 Å². The second kappa shape index (κ2) is 8.26. The summed E-state index contributed by atoms with van der Waals surface area (Å²) < 4.78 is 32.3. The number of nitrogens with one attached hydrogen (secondary N) is 1. The van der Waals surface area contributed by atoms with Crippen LogP contribution in [0.3, 0.4) is 0 Å². The summed E-state index contributed by atoms with van der Waals surface area (Å²) in [4.78, 5) is 16.7. The van der Waals surface area contributed by atoms with Crippen molar-refractivity contribution in [1.82, 2.24) is 9.71 Å². The van der Waals surface area contributed by atoms with Gasteiger partial charge in [0, 0.05) is 17.0 Å². The van der Waals surface area contributed by atoms with E-state index in [4.69, 9.17) is 16.3 Å². The Morgan fingerprint density at radius 1 is 1.14 bits per heavy atom. The first kappa shape index (κ1) is 20.3. The highest BCUT2D eigenvalue weighted by Crippen LogP contribution is 2.22. The SMILES string of the molecule is CC(C)NS(=O)(=O)c1cccc(C(=O)OCc2cc3ccccc3nc2Cl)c1. The largest absolute Gasteiger partial charge is 0.457 e. The lowest BCUT2D eigenvalue weighted by Crippen LogP contribution is -2.30. The number of aromatic nitrogens is 1. The fraction of sp³-hybridized carbons (Fsp3) is 0.200. The van der Waals surface area contributed by atoms with Gasteiger partial charge in [-0.1, -0.05) is 35.9 Å². The molecule has 6 nitrogen and oxygen atoms in total. The number of nitrogens with zero attached hydrogens (tertiary/aromatic N) is 1. The van der Waals surface area contributed by atoms with E-state index in [0.717, 1.165) is 10.9 Å². The zero-order chi connectivity index (χ0) is 20.3. The third-order valence-corrected chi connectivity index (χ3v) is 5.86. The lowest BCUT2D eigenvalue weighted by Gasteiger charge is -2.11. The standard InChI is InChI=1S/C20H19ClN2O4S/c1-13(2)23-28(25,26)17-8-5-7-15(11-17)20(24)27-12-16-10-14-6-3-4-9-18(14)22-19(16)21/h3-11,13,23H,12H2,1-2H3. The minimum Gasteiger partial charge on any atom is -0.457 e. The van der Waals surface area contributed by atoms with Crippen molar-refractivity contribution in [3.63, 3.8) is 0 Å². The number of ether oxygens (including phenoxy) is 1. The number of sulfonamides is 1. The molecule has 3 rings (SSSR count). The molecule has 0 amide bonds. The lowest BCUT2D eigenvalue weighted by atomic mass is 10.1. The van der Waals surface area contributed by atoms with Crippen LogP contribution >= 0.6 is 11.6 Å². The zero-order valence-corrected chi connectivity index (χ0v) is 16.9. The van der Waals surface area contributed by atoms with Gasteiger partial charge in [0.1, 0.15) is 11.8 Å². The maximum atomic E-state index is 12.4. The number of halogens is 1. The average Bonchev–Trinajstić information content (AvgIpc) is 2.65. The van der Waals surface area contributed by atoms with Crippen molar-refractivity contribution in [2.24, 2.45) is 0 Å². The predicted octanol–water partition coefficient (Wildman–Crippen LogP) is 3.93. The summed E-state index contributed by atoms with van der Waals surface area (Å²) in [6.45, 7) is 3.37. The van der Waals surface area contributed by atoms with Gasteiger partial charge in [-0.25, -0.2) is 22.9 Å². The lowest BCUT2D eigenvalue weighted by molar-refractivity contribution is 0.0472. The first-order valence-electron chi connectivity index (χ1n) is 8.60. The second-order valence-electron chi connectivity index (χ2n) is 6.51. The Hall–Kier alpha value is -2.48. The third-order valence-electron chi connectivity index (χ3n) is 3.88. The smallest absolute Gasteiger partial charge is 0.338 e. The fourth-order valence-corrected chi connectivity index (χ4v) is 4.13. The van der Waals surface area contributed by atoms with Gasteiger partial charge in [-0.15, -0.1) is 0 Å². The fourth-order valence-electron chi connectivity index (χ4n) is 2.63. The van der Waals surface area contributed by atoms with E-state index in [-0.39, 0.29) is 28.3 Å². The number of benzene rings is 2. The van der Waals surface area contributed by atoms with Crippen LogP contribution in [0.5, 0.6) is 0 Å². The second-order valence-corrected chi connectivity index (χ2v) is 8.58. The molecule has 0 radical (unpaired) electrons. The molecule has 0 bridgehead atoms. The van der Waals surface area contributed by atoms with Crippen LogP contribution in [-0.2, 0) is 21.4 Å². The molecular formula is C20H19ClN2O4S. The summed E-state index contributed by atoms with van der Waals surface area (Å²) in [5.74, 6) is -0.647. The summed E-state index contributed by atoms with van der Waals surface area (Å²) in [7, 11) is -3.70. The van der Waals surface area contributed by atoms with Crippen LogP contribution < -0.4 is 4.72 Å². The Bertz CT molecular complexity index is 1130. The number of hydrogen-bond donors (Lipinski definition) is 1. The van der Waals surface area contributed by atoms with Crippen molar-refractivity contribution in [2.45, 2.75) is 31.4 Å². The van der Waals surface area contributed by atoms with Gasteiger partial charge in [0.2, 0.25) is 10.0 Å². The number of para-hydroxylation sites is 1. The summed E-state index contributed by atoms with van der Waals surface area (Å²) in [5.41, 5.74) is 1.45. The molecular weight excluding hydrogens is 400 g/mol. The van der Waals surface area contributed by atoms with E-state index in [2.05, 4.69) is 9.71 Å². The van der Waals surface area contributed by atoms with Gasteiger partial charge >= 0.3 is 5.97 Å². The molecule has 0 unspecified atom stereocenters. The molecule has 28 heavy (non-hydrogen) atoms. The topological polar surface area (TPSA) is 85.4 Å². The van der Waals surface area contributed by atoms with Crippen molar-refractivity contribution in [3.8, 4) is 0 Å². The molecule has 1 N–H and O–H groups in total. The number of hydrogen-bond acceptors (Lipinski definition) is 5. The van der Waals surface area contributed by atoms with Crippen LogP contribution in [0.2, 0.25) is 5.15 Å². The van der Waals surface area contributed by atoms with Crippen LogP contribution in [0.4, 0.5) is 0 Å². The molecule has 0 spiro atoms. The molecule has 0 aliphatic carbocycles. The van der Waals surface area contributed by atoms with Crippen molar-refractivity contribution in [1.29, 1.82) is 0 Å². The Morgan fingerprint density at radius 2 is 1.89 bits per heavy atom. The van der Waals surface area contributed by atoms with Crippen molar-refractivity contribution in [3.05, 3.63) is 70.9 Å². The van der Waals surface area contributed by atoms with Gasteiger partial charge < -0.3 is 4.74 Å². The highest BCUT2D eigenvalue weighted by atomic mass is 35.5. The average molecular weight is 419 g/mol. The summed E-state index contributed by atoms with van der Waals surface area (Å²) in [5, 5.41) is 1.13. The number of carbonyl (C=O) groups excluding carboxylic acids is 1. The molecule has 2 aromatic carbocycles. The van der Waals surface area contributed by atoms with Gasteiger partial charge in [-0.3, -0.25) is 0 Å². The van der Waals surface area contributed by atoms with Crippen molar-refractivity contribution in [2.75, 3.05) is 0 Å². The monoisotopic (exact) mass is 418 g/mol. The molecule has 0 aliphatic rings. The van der Waals surface area contributed by atoms with Crippen LogP contribution in [0, 0.1) is 0 Å². The zero-order valence-electron chi connectivity index (χ0n) is 15.3. The van der Waals surface area contributed by atoms with E-state index in [1.54, 1.807) is 13.8 Å². The van der Waals surface area contributed by atoms with Gasteiger partial charge in [0.15, 0.2) is 0 Å². The van der Waals surface area contributed by atoms with E-state index >= 15 is 0 Å². The summed E-state index contributed by atoms with van der Waals surface area (Å²) in [6, 6.07) is 14.7. The van der Waals surface area contributed by atoms with E-state index in [1.165, 1.54) is 24.3 Å². The van der Waals surface area contributed by atoms with E-state index < -0.39 is 16.0 Å². The van der Waals surface area contributed by atoms with Gasteiger partial charge in [-0.05, 0) is 44.2 Å². The molecule has 0 aliphatic heterocycles. The van der Waals surface area contributed by atoms with Crippen LogP contribution in [0.15, 0.2) is 59.5 Å². The van der Waals surface area contributed by atoms with E-state index in [1.807, 2.05) is 30.3 Å². The maximum Gasteiger partial charge on any atom is 0.338 e. The highest BCUT2D eigenvalue weighted by Gasteiger charge is 2.18. The molecule has 0 saturated heterocycles. The predicted molar refractivity (Wildman–Crippen MR) is 108 cm³/mol. The van der Waals surface area contributed by atoms with E-state index in [9.17, 15) is 13.2 Å².